The monoisotopic (exact) mass is 257 g/mol. The van der Waals surface area contributed by atoms with Crippen molar-refractivity contribution in [3.8, 4) is 5.75 Å². The minimum Gasteiger partial charge on any atom is -0.491 e. The number of para-hydroxylation sites is 1. The molecule has 2 heterocycles. The molecule has 0 bridgehead atoms. The van der Waals surface area contributed by atoms with Gasteiger partial charge >= 0.3 is 5.97 Å². The van der Waals surface area contributed by atoms with E-state index in [1.54, 1.807) is 0 Å². The number of benzene rings is 1. The highest BCUT2D eigenvalue weighted by atomic mass is 16.5. The van der Waals surface area contributed by atoms with Gasteiger partial charge in [-0.1, -0.05) is 18.2 Å². The molecule has 0 fully saturated rings. The summed E-state index contributed by atoms with van der Waals surface area (Å²) in [5, 5.41) is 11.9. The van der Waals surface area contributed by atoms with Gasteiger partial charge in [-0.3, -0.25) is 0 Å². The number of hydrogen-bond donors (Lipinski definition) is 2. The molecule has 6 nitrogen and oxygen atoms in total. The fraction of sp³-hybridized carbons (Fsp3) is 0.154. The molecule has 0 saturated carbocycles. The van der Waals surface area contributed by atoms with Gasteiger partial charge in [-0.05, 0) is 6.07 Å². The van der Waals surface area contributed by atoms with Crippen LogP contribution < -0.4 is 10.1 Å². The summed E-state index contributed by atoms with van der Waals surface area (Å²) in [5.41, 5.74) is 1.11. The highest BCUT2D eigenvalue weighted by molar-refractivity contribution is 5.86. The number of nitrogens with zero attached hydrogens (tertiary/aromatic N) is 2. The molecule has 0 aliphatic carbocycles. The van der Waals surface area contributed by atoms with Gasteiger partial charge in [0.1, 0.15) is 12.4 Å². The van der Waals surface area contributed by atoms with Crippen LogP contribution in [0.25, 0.3) is 0 Å². The molecule has 1 aliphatic heterocycles. The molecule has 3 rings (SSSR count). The third-order valence-corrected chi connectivity index (χ3v) is 2.90. The van der Waals surface area contributed by atoms with E-state index in [9.17, 15) is 4.79 Å². The number of fused-ring (bicyclic) bond motifs is 1. The van der Waals surface area contributed by atoms with Gasteiger partial charge in [0.05, 0.1) is 11.6 Å². The molecular formula is C13H11N3O3. The first-order valence-corrected chi connectivity index (χ1v) is 5.77. The zero-order chi connectivity index (χ0) is 13.2. The Morgan fingerprint density at radius 2 is 2.05 bits per heavy atom. The first-order valence-electron chi connectivity index (χ1n) is 5.77. The Bertz CT molecular complexity index is 613. The smallest absolute Gasteiger partial charge is 0.338 e. The average molecular weight is 257 g/mol. The lowest BCUT2D eigenvalue weighted by Gasteiger charge is -2.11. The molecule has 0 amide bonds. The summed E-state index contributed by atoms with van der Waals surface area (Å²) >= 11 is 0. The third kappa shape index (κ3) is 2.20. The molecular weight excluding hydrogens is 246 g/mol. The summed E-state index contributed by atoms with van der Waals surface area (Å²) in [4.78, 5) is 18.7. The van der Waals surface area contributed by atoms with Crippen molar-refractivity contribution < 1.29 is 14.6 Å². The van der Waals surface area contributed by atoms with Gasteiger partial charge < -0.3 is 15.2 Å². The minimum absolute atomic E-state index is 0.0214. The van der Waals surface area contributed by atoms with E-state index in [4.69, 9.17) is 9.84 Å². The van der Waals surface area contributed by atoms with Crippen LogP contribution in [0.2, 0.25) is 0 Å². The molecule has 19 heavy (non-hydrogen) atoms. The lowest BCUT2D eigenvalue weighted by Crippen LogP contribution is -2.14. The lowest BCUT2D eigenvalue weighted by molar-refractivity contribution is 0.0696. The first kappa shape index (κ1) is 11.5. The van der Waals surface area contributed by atoms with Crippen LogP contribution in [-0.2, 0) is 0 Å². The second-order valence-electron chi connectivity index (χ2n) is 4.15. The summed E-state index contributed by atoms with van der Waals surface area (Å²) < 4.78 is 5.53. The van der Waals surface area contributed by atoms with E-state index in [1.807, 2.05) is 24.3 Å². The summed E-state index contributed by atoms with van der Waals surface area (Å²) in [7, 11) is 0. The van der Waals surface area contributed by atoms with Crippen LogP contribution in [0.4, 0.5) is 5.95 Å². The van der Waals surface area contributed by atoms with Crippen LogP contribution in [-0.4, -0.2) is 27.7 Å². The van der Waals surface area contributed by atoms with Crippen molar-refractivity contribution in [2.24, 2.45) is 0 Å². The maximum Gasteiger partial charge on any atom is 0.338 e. The number of carboxylic acids is 1. The van der Waals surface area contributed by atoms with E-state index >= 15 is 0 Å². The van der Waals surface area contributed by atoms with Crippen LogP contribution in [0.5, 0.6) is 5.75 Å². The summed E-state index contributed by atoms with van der Waals surface area (Å²) in [6, 6.07) is 7.72. The Labute approximate surface area is 109 Å². The number of carbonyl (C=O) groups is 1. The van der Waals surface area contributed by atoms with E-state index in [0.717, 1.165) is 11.3 Å². The largest absolute Gasteiger partial charge is 0.491 e. The Hall–Kier alpha value is -2.63. The molecule has 2 aromatic rings. The number of aromatic carboxylic acids is 1. The zero-order valence-electron chi connectivity index (χ0n) is 9.91. The predicted octanol–water partition coefficient (Wildman–Crippen LogP) is 1.72. The molecule has 1 unspecified atom stereocenters. The maximum absolute atomic E-state index is 10.7. The standard InChI is InChI=1S/C13H11N3O3/c17-12(18)8-5-14-13(15-6-8)16-10-7-19-11-4-2-1-3-9(10)11/h1-6,10H,7H2,(H,17,18)(H,14,15,16). The minimum atomic E-state index is -1.04. The molecule has 6 heteroatoms. The topological polar surface area (TPSA) is 84.3 Å². The molecule has 2 N–H and O–H groups in total. The Balaban J connectivity index is 1.78. The molecule has 1 atom stereocenters. The van der Waals surface area contributed by atoms with Gasteiger partial charge in [-0.25, -0.2) is 14.8 Å². The van der Waals surface area contributed by atoms with Crippen LogP contribution in [0.3, 0.4) is 0 Å². The summed E-state index contributed by atoms with van der Waals surface area (Å²) in [6.07, 6.45) is 2.55. The van der Waals surface area contributed by atoms with Crippen molar-refractivity contribution in [3.05, 3.63) is 47.8 Å². The van der Waals surface area contributed by atoms with Crippen molar-refractivity contribution in [3.63, 3.8) is 0 Å². The van der Waals surface area contributed by atoms with Crippen molar-refractivity contribution in [1.82, 2.24) is 9.97 Å². The second-order valence-corrected chi connectivity index (χ2v) is 4.15. The number of carboxylic acid groups (broad SMARTS) is 1. The van der Waals surface area contributed by atoms with E-state index in [2.05, 4.69) is 15.3 Å². The fourth-order valence-electron chi connectivity index (χ4n) is 1.95. The van der Waals surface area contributed by atoms with E-state index in [-0.39, 0.29) is 11.6 Å². The van der Waals surface area contributed by atoms with Gasteiger partial charge in [0.25, 0.3) is 0 Å². The van der Waals surface area contributed by atoms with Gasteiger partial charge in [0, 0.05) is 18.0 Å². The maximum atomic E-state index is 10.7. The second kappa shape index (κ2) is 4.56. The highest BCUT2D eigenvalue weighted by Gasteiger charge is 2.24. The number of nitrogens with one attached hydrogen (secondary N) is 1. The van der Waals surface area contributed by atoms with Crippen LogP contribution in [0, 0.1) is 0 Å². The van der Waals surface area contributed by atoms with Crippen molar-refractivity contribution in [2.45, 2.75) is 6.04 Å². The summed E-state index contributed by atoms with van der Waals surface area (Å²) in [5.74, 6) is 0.193. The van der Waals surface area contributed by atoms with Crippen LogP contribution in [0.1, 0.15) is 22.0 Å². The van der Waals surface area contributed by atoms with Gasteiger partial charge in [0.2, 0.25) is 5.95 Å². The molecule has 1 aromatic carbocycles. The first-order chi connectivity index (χ1) is 9.24. The van der Waals surface area contributed by atoms with E-state index in [1.165, 1.54) is 12.4 Å². The summed E-state index contributed by atoms with van der Waals surface area (Å²) in [6.45, 7) is 0.503. The molecule has 0 saturated heterocycles. The zero-order valence-corrected chi connectivity index (χ0v) is 9.91. The van der Waals surface area contributed by atoms with Crippen molar-refractivity contribution >= 4 is 11.9 Å². The molecule has 0 spiro atoms. The van der Waals surface area contributed by atoms with Gasteiger partial charge in [-0.15, -0.1) is 0 Å². The lowest BCUT2D eigenvalue weighted by atomic mass is 10.1. The van der Waals surface area contributed by atoms with Crippen molar-refractivity contribution in [2.75, 3.05) is 11.9 Å². The molecule has 1 aliphatic rings. The number of anilines is 1. The normalized spacial score (nSPS) is 16.5. The van der Waals surface area contributed by atoms with Crippen LogP contribution in [0.15, 0.2) is 36.7 Å². The number of hydrogen-bond acceptors (Lipinski definition) is 5. The molecule has 0 radical (unpaired) electrons. The Morgan fingerprint density at radius 1 is 1.32 bits per heavy atom. The Kier molecular flexibility index (Phi) is 2.75. The quantitative estimate of drug-likeness (QED) is 0.871. The SMILES string of the molecule is O=C(O)c1cnc(NC2COc3ccccc32)nc1. The molecule has 96 valence electrons. The van der Waals surface area contributed by atoms with Gasteiger partial charge in [-0.2, -0.15) is 0 Å². The third-order valence-electron chi connectivity index (χ3n) is 2.90. The van der Waals surface area contributed by atoms with E-state index in [0.29, 0.717) is 12.6 Å². The van der Waals surface area contributed by atoms with Crippen LogP contribution >= 0.6 is 0 Å². The number of ether oxygens (including phenoxy) is 1. The highest BCUT2D eigenvalue weighted by Crippen LogP contribution is 2.33. The average Bonchev–Trinajstić information content (AvgIpc) is 2.83. The van der Waals surface area contributed by atoms with E-state index < -0.39 is 5.97 Å². The Morgan fingerprint density at radius 3 is 2.79 bits per heavy atom. The predicted molar refractivity (Wildman–Crippen MR) is 67.3 cm³/mol. The molecule has 1 aromatic heterocycles. The van der Waals surface area contributed by atoms with Gasteiger partial charge in [0.15, 0.2) is 0 Å². The number of aromatic nitrogens is 2. The number of rotatable bonds is 3. The van der Waals surface area contributed by atoms with Crippen molar-refractivity contribution in [1.29, 1.82) is 0 Å². The fourth-order valence-corrected chi connectivity index (χ4v) is 1.95.